The van der Waals surface area contributed by atoms with Crippen LogP contribution in [0.3, 0.4) is 0 Å². The Balaban J connectivity index is 1.60. The molecule has 136 valence electrons. The maximum atomic E-state index is 11.8. The maximum Gasteiger partial charge on any atom is 0.269 e. The molecule has 0 aliphatic carbocycles. The van der Waals surface area contributed by atoms with Gasteiger partial charge in [0.1, 0.15) is 18.1 Å². The van der Waals surface area contributed by atoms with Crippen molar-refractivity contribution >= 4 is 17.8 Å². The van der Waals surface area contributed by atoms with Crippen LogP contribution in [0.5, 0.6) is 0 Å². The first kappa shape index (κ1) is 17.8. The number of furan rings is 1. The molecule has 9 heteroatoms. The van der Waals surface area contributed by atoms with Crippen LogP contribution < -0.4 is 11.0 Å². The van der Waals surface area contributed by atoms with Crippen LogP contribution in [0.2, 0.25) is 0 Å². The van der Waals surface area contributed by atoms with Gasteiger partial charge in [0.05, 0.1) is 11.1 Å². The monoisotopic (exact) mass is 366 g/mol. The van der Waals surface area contributed by atoms with Crippen molar-refractivity contribution in [3.05, 3.63) is 87.0 Å². The van der Waals surface area contributed by atoms with Crippen molar-refractivity contribution in [3.63, 3.8) is 0 Å². The number of nitro benzene ring substituents is 1. The minimum Gasteiger partial charge on any atom is -0.455 e. The van der Waals surface area contributed by atoms with E-state index >= 15 is 0 Å². The summed E-state index contributed by atoms with van der Waals surface area (Å²) in [7, 11) is 0. The maximum absolute atomic E-state index is 11.8. The molecule has 0 aliphatic rings. The van der Waals surface area contributed by atoms with Crippen molar-refractivity contribution in [2.45, 2.75) is 6.54 Å². The Labute approximate surface area is 152 Å². The summed E-state index contributed by atoms with van der Waals surface area (Å²) in [5.74, 6) is 0.441. The number of benzene rings is 1. The number of pyridine rings is 1. The van der Waals surface area contributed by atoms with Crippen LogP contribution in [0.15, 0.2) is 75.1 Å². The zero-order valence-corrected chi connectivity index (χ0v) is 13.9. The van der Waals surface area contributed by atoms with Gasteiger partial charge in [0.25, 0.3) is 17.2 Å². The second kappa shape index (κ2) is 7.91. The molecule has 1 amide bonds. The highest BCUT2D eigenvalue weighted by Crippen LogP contribution is 2.23. The number of aromatic nitrogens is 1. The Morgan fingerprint density at radius 1 is 1.19 bits per heavy atom. The molecule has 9 nitrogen and oxygen atoms in total. The van der Waals surface area contributed by atoms with E-state index in [1.807, 2.05) is 0 Å². The number of nitro groups is 1. The molecule has 0 saturated carbocycles. The van der Waals surface area contributed by atoms with Crippen molar-refractivity contribution in [2.75, 3.05) is 0 Å². The minimum absolute atomic E-state index is 0.00710. The molecule has 3 rings (SSSR count). The highest BCUT2D eigenvalue weighted by atomic mass is 16.6. The van der Waals surface area contributed by atoms with Crippen LogP contribution in [0.1, 0.15) is 5.76 Å². The number of carbonyl (C=O) groups excluding carboxylic acids is 1. The van der Waals surface area contributed by atoms with Gasteiger partial charge in [-0.2, -0.15) is 5.10 Å². The number of hydrogen-bond donors (Lipinski definition) is 1. The van der Waals surface area contributed by atoms with E-state index in [2.05, 4.69) is 10.5 Å². The van der Waals surface area contributed by atoms with E-state index in [1.54, 1.807) is 36.4 Å². The normalized spacial score (nSPS) is 10.8. The summed E-state index contributed by atoms with van der Waals surface area (Å²) in [6.07, 6.45) is 2.83. The average molecular weight is 366 g/mol. The van der Waals surface area contributed by atoms with Gasteiger partial charge in [0.2, 0.25) is 0 Å². The SMILES string of the molecule is O=C(Cn1ccccc1=O)N/N=C\c1ccc(-c2ccc([N+](=O)[O-])cc2)o1. The van der Waals surface area contributed by atoms with Crippen molar-refractivity contribution in [3.8, 4) is 11.3 Å². The second-order valence-corrected chi connectivity index (χ2v) is 5.47. The fourth-order valence-corrected chi connectivity index (χ4v) is 2.27. The molecule has 2 heterocycles. The number of carbonyl (C=O) groups is 1. The Morgan fingerprint density at radius 2 is 1.96 bits per heavy atom. The first-order valence-electron chi connectivity index (χ1n) is 7.85. The Morgan fingerprint density at radius 3 is 2.67 bits per heavy atom. The van der Waals surface area contributed by atoms with E-state index in [0.717, 1.165) is 0 Å². The highest BCUT2D eigenvalue weighted by Gasteiger charge is 2.08. The molecule has 0 aliphatic heterocycles. The van der Waals surface area contributed by atoms with Crippen molar-refractivity contribution in [1.29, 1.82) is 0 Å². The quantitative estimate of drug-likeness (QED) is 0.407. The summed E-state index contributed by atoms with van der Waals surface area (Å²) in [5.41, 5.74) is 2.70. The average Bonchev–Trinajstić information content (AvgIpc) is 3.12. The summed E-state index contributed by atoms with van der Waals surface area (Å²) >= 11 is 0. The zero-order chi connectivity index (χ0) is 19.2. The number of amides is 1. The van der Waals surface area contributed by atoms with Crippen LogP contribution >= 0.6 is 0 Å². The molecule has 2 aromatic heterocycles. The lowest BCUT2D eigenvalue weighted by molar-refractivity contribution is -0.384. The molecule has 0 radical (unpaired) electrons. The van der Waals surface area contributed by atoms with Gasteiger partial charge in [-0.05, 0) is 30.3 Å². The zero-order valence-electron chi connectivity index (χ0n) is 13.9. The summed E-state index contributed by atoms with van der Waals surface area (Å²) in [6.45, 7) is -0.150. The minimum atomic E-state index is -0.476. The fraction of sp³-hybridized carbons (Fsp3) is 0.0556. The van der Waals surface area contributed by atoms with Crippen molar-refractivity contribution < 1.29 is 14.1 Å². The smallest absolute Gasteiger partial charge is 0.269 e. The third-order valence-electron chi connectivity index (χ3n) is 3.58. The molecule has 1 aromatic carbocycles. The topological polar surface area (TPSA) is 120 Å². The van der Waals surface area contributed by atoms with E-state index in [9.17, 15) is 19.7 Å². The van der Waals surface area contributed by atoms with Crippen LogP contribution in [0, 0.1) is 10.1 Å². The molecule has 0 fully saturated rings. The molecule has 3 aromatic rings. The largest absolute Gasteiger partial charge is 0.455 e. The second-order valence-electron chi connectivity index (χ2n) is 5.47. The summed E-state index contributed by atoms with van der Waals surface area (Å²) in [5, 5.41) is 14.5. The summed E-state index contributed by atoms with van der Waals surface area (Å²) in [6, 6.07) is 13.9. The van der Waals surface area contributed by atoms with E-state index in [1.165, 1.54) is 35.2 Å². The van der Waals surface area contributed by atoms with Crippen LogP contribution in [-0.4, -0.2) is 21.6 Å². The molecule has 1 N–H and O–H groups in total. The van der Waals surface area contributed by atoms with Gasteiger partial charge in [-0.3, -0.25) is 19.7 Å². The van der Waals surface area contributed by atoms with Gasteiger partial charge in [0, 0.05) is 30.0 Å². The Hall–Kier alpha value is -4.01. The highest BCUT2D eigenvalue weighted by molar-refractivity contribution is 5.81. The first-order valence-corrected chi connectivity index (χ1v) is 7.85. The van der Waals surface area contributed by atoms with Gasteiger partial charge in [-0.1, -0.05) is 6.07 Å². The molecule has 0 atom stereocenters. The van der Waals surface area contributed by atoms with Gasteiger partial charge < -0.3 is 8.98 Å². The van der Waals surface area contributed by atoms with E-state index in [0.29, 0.717) is 17.1 Å². The number of non-ortho nitro benzene ring substituents is 1. The van der Waals surface area contributed by atoms with E-state index in [-0.39, 0.29) is 17.8 Å². The predicted molar refractivity (Wildman–Crippen MR) is 97.2 cm³/mol. The van der Waals surface area contributed by atoms with Gasteiger partial charge >= 0.3 is 0 Å². The van der Waals surface area contributed by atoms with Gasteiger partial charge in [-0.15, -0.1) is 0 Å². The molecule has 0 saturated heterocycles. The first-order chi connectivity index (χ1) is 13.0. The number of nitrogens with zero attached hydrogens (tertiary/aromatic N) is 3. The molecule has 27 heavy (non-hydrogen) atoms. The predicted octanol–water partition coefficient (Wildman–Crippen LogP) is 2.17. The Bertz CT molecular complexity index is 1050. The lowest BCUT2D eigenvalue weighted by Gasteiger charge is -2.02. The van der Waals surface area contributed by atoms with E-state index in [4.69, 9.17) is 4.42 Å². The number of hydrazone groups is 1. The van der Waals surface area contributed by atoms with Crippen molar-refractivity contribution in [2.24, 2.45) is 5.10 Å². The number of hydrogen-bond acceptors (Lipinski definition) is 6. The number of rotatable bonds is 6. The van der Waals surface area contributed by atoms with Crippen LogP contribution in [0.25, 0.3) is 11.3 Å². The fourth-order valence-electron chi connectivity index (χ4n) is 2.27. The van der Waals surface area contributed by atoms with E-state index < -0.39 is 10.8 Å². The molecular weight excluding hydrogens is 352 g/mol. The molecular formula is C18H14N4O5. The molecule has 0 unspecified atom stereocenters. The third-order valence-corrected chi connectivity index (χ3v) is 3.58. The van der Waals surface area contributed by atoms with Gasteiger partial charge in [-0.25, -0.2) is 5.43 Å². The van der Waals surface area contributed by atoms with Crippen LogP contribution in [0.4, 0.5) is 5.69 Å². The molecule has 0 bridgehead atoms. The summed E-state index contributed by atoms with van der Waals surface area (Å²) in [4.78, 5) is 33.5. The Kier molecular flexibility index (Phi) is 5.22. The lowest BCUT2D eigenvalue weighted by atomic mass is 10.1. The third kappa shape index (κ3) is 4.54. The van der Waals surface area contributed by atoms with Gasteiger partial charge in [0.15, 0.2) is 0 Å². The number of nitrogens with one attached hydrogen (secondary N) is 1. The lowest BCUT2D eigenvalue weighted by Crippen LogP contribution is -2.28. The van der Waals surface area contributed by atoms with Crippen LogP contribution in [-0.2, 0) is 11.3 Å². The summed E-state index contributed by atoms with van der Waals surface area (Å²) < 4.78 is 6.82. The standard InChI is InChI=1S/C18H14N4O5/c23-17(12-21-10-2-1-3-18(21)24)20-19-11-15-8-9-16(27-15)13-4-6-14(7-5-13)22(25)26/h1-11H,12H2,(H,20,23)/b19-11-. The molecule has 0 spiro atoms. The van der Waals surface area contributed by atoms with Crippen molar-refractivity contribution in [1.82, 2.24) is 9.99 Å².